The second-order valence-electron chi connectivity index (χ2n) is 9.02. The number of benzene rings is 2. The van der Waals surface area contributed by atoms with Crippen molar-refractivity contribution in [2.75, 3.05) is 25.1 Å². The Bertz CT molecular complexity index is 1420. The third-order valence-electron chi connectivity index (χ3n) is 6.43. The van der Waals surface area contributed by atoms with Gasteiger partial charge in [-0.3, -0.25) is 4.79 Å². The summed E-state index contributed by atoms with van der Waals surface area (Å²) in [5.74, 6) is 0.747. The van der Waals surface area contributed by atoms with E-state index in [-0.39, 0.29) is 18.8 Å². The second kappa shape index (κ2) is 8.55. The molecule has 8 heteroatoms. The molecule has 0 aliphatic carbocycles. The molecule has 1 aliphatic heterocycles. The standard InChI is InChI=1S/C26H27N5O3/c1-17-6-5-8-19(12-17)24-23(25-27-13-26(15-32,16-33)14-30(25)29-24)20-10-11-22(34)31(28-20)21-9-4-3-7-18(21)2/h3-12,27,32-33H,13-16H2,1-2H3. The summed E-state index contributed by atoms with van der Waals surface area (Å²) < 4.78 is 3.21. The number of rotatable bonds is 5. The van der Waals surface area contributed by atoms with Gasteiger partial charge in [0.05, 0.1) is 42.1 Å². The molecule has 2 aromatic heterocycles. The van der Waals surface area contributed by atoms with Crippen LogP contribution in [-0.2, 0) is 6.54 Å². The van der Waals surface area contributed by atoms with Crippen LogP contribution in [0.25, 0.3) is 28.2 Å². The Morgan fingerprint density at radius 3 is 2.53 bits per heavy atom. The SMILES string of the molecule is Cc1cccc(-c2nn3c(c2-c2ccc(=O)n(-c4ccccc4C)n2)NCC(CO)(CO)C3)c1. The molecule has 3 N–H and O–H groups in total. The molecule has 0 bridgehead atoms. The van der Waals surface area contributed by atoms with Crippen molar-refractivity contribution >= 4 is 5.82 Å². The van der Waals surface area contributed by atoms with E-state index in [9.17, 15) is 15.0 Å². The molecule has 3 heterocycles. The molecule has 1 aliphatic rings. The lowest BCUT2D eigenvalue weighted by molar-refractivity contribution is 0.0428. The topological polar surface area (TPSA) is 105 Å². The predicted molar refractivity (Wildman–Crippen MR) is 131 cm³/mol. The molecule has 4 aromatic rings. The van der Waals surface area contributed by atoms with Gasteiger partial charge in [-0.2, -0.15) is 14.9 Å². The summed E-state index contributed by atoms with van der Waals surface area (Å²) in [4.78, 5) is 12.8. The Morgan fingerprint density at radius 1 is 1.00 bits per heavy atom. The number of aliphatic hydroxyl groups excluding tert-OH is 2. The van der Waals surface area contributed by atoms with Crippen LogP contribution in [0.4, 0.5) is 5.82 Å². The van der Waals surface area contributed by atoms with Crippen LogP contribution in [0, 0.1) is 19.3 Å². The number of fused-ring (bicyclic) bond motifs is 1. The summed E-state index contributed by atoms with van der Waals surface area (Å²) in [6.07, 6.45) is 0. The van der Waals surface area contributed by atoms with Crippen molar-refractivity contribution in [3.05, 3.63) is 82.1 Å². The number of aryl methyl sites for hydroxylation is 2. The van der Waals surface area contributed by atoms with Crippen LogP contribution in [-0.4, -0.2) is 49.5 Å². The minimum Gasteiger partial charge on any atom is -0.396 e. The fraction of sp³-hybridized carbons (Fsp3) is 0.269. The molecule has 0 radical (unpaired) electrons. The van der Waals surface area contributed by atoms with Crippen molar-refractivity contribution < 1.29 is 10.2 Å². The maximum Gasteiger partial charge on any atom is 0.271 e. The smallest absolute Gasteiger partial charge is 0.271 e. The highest BCUT2D eigenvalue weighted by Gasteiger charge is 2.37. The Morgan fingerprint density at radius 2 is 1.79 bits per heavy atom. The molecule has 0 unspecified atom stereocenters. The van der Waals surface area contributed by atoms with Gasteiger partial charge in [0.1, 0.15) is 11.5 Å². The van der Waals surface area contributed by atoms with Crippen molar-refractivity contribution in [1.29, 1.82) is 0 Å². The highest BCUT2D eigenvalue weighted by molar-refractivity contribution is 5.87. The van der Waals surface area contributed by atoms with E-state index in [1.165, 1.54) is 10.7 Å². The predicted octanol–water partition coefficient (Wildman–Crippen LogP) is 2.78. The Balaban J connectivity index is 1.73. The van der Waals surface area contributed by atoms with Crippen molar-refractivity contribution in [2.45, 2.75) is 20.4 Å². The van der Waals surface area contributed by atoms with E-state index in [0.717, 1.165) is 39.5 Å². The Kier molecular flexibility index (Phi) is 5.55. The average molecular weight is 458 g/mol. The fourth-order valence-corrected chi connectivity index (χ4v) is 4.42. The van der Waals surface area contributed by atoms with Gasteiger partial charge in [0.15, 0.2) is 0 Å². The molecule has 34 heavy (non-hydrogen) atoms. The molecular formula is C26H27N5O3. The first-order valence-electron chi connectivity index (χ1n) is 11.2. The van der Waals surface area contributed by atoms with Gasteiger partial charge in [0.2, 0.25) is 0 Å². The Labute approximate surface area is 197 Å². The average Bonchev–Trinajstić information content (AvgIpc) is 3.23. The van der Waals surface area contributed by atoms with Crippen LogP contribution in [0.1, 0.15) is 11.1 Å². The number of nitrogens with zero attached hydrogens (tertiary/aromatic N) is 4. The van der Waals surface area contributed by atoms with E-state index < -0.39 is 5.41 Å². The van der Waals surface area contributed by atoms with Crippen LogP contribution in [0.2, 0.25) is 0 Å². The molecular weight excluding hydrogens is 430 g/mol. The number of para-hydroxylation sites is 1. The van der Waals surface area contributed by atoms with Gasteiger partial charge in [-0.15, -0.1) is 0 Å². The third kappa shape index (κ3) is 3.70. The molecule has 0 saturated heterocycles. The molecule has 0 saturated carbocycles. The van der Waals surface area contributed by atoms with E-state index >= 15 is 0 Å². The van der Waals surface area contributed by atoms with Crippen LogP contribution < -0.4 is 10.9 Å². The largest absolute Gasteiger partial charge is 0.396 e. The van der Waals surface area contributed by atoms with Crippen molar-refractivity contribution in [3.8, 4) is 28.2 Å². The quantitative estimate of drug-likeness (QED) is 0.426. The number of nitrogens with one attached hydrogen (secondary N) is 1. The van der Waals surface area contributed by atoms with Crippen LogP contribution in [0.3, 0.4) is 0 Å². The van der Waals surface area contributed by atoms with Gasteiger partial charge in [-0.05, 0) is 37.6 Å². The lowest BCUT2D eigenvalue weighted by atomic mass is 9.88. The minimum atomic E-state index is -0.715. The lowest BCUT2D eigenvalue weighted by Gasteiger charge is -2.35. The van der Waals surface area contributed by atoms with E-state index in [2.05, 4.69) is 11.4 Å². The summed E-state index contributed by atoms with van der Waals surface area (Å²) in [7, 11) is 0. The monoisotopic (exact) mass is 457 g/mol. The number of aromatic nitrogens is 4. The first kappa shape index (κ1) is 22.1. The molecule has 8 nitrogen and oxygen atoms in total. The molecule has 0 spiro atoms. The molecule has 0 atom stereocenters. The van der Waals surface area contributed by atoms with Gasteiger partial charge >= 0.3 is 0 Å². The van der Waals surface area contributed by atoms with Crippen LogP contribution >= 0.6 is 0 Å². The number of hydrogen-bond acceptors (Lipinski definition) is 6. The number of aliphatic hydroxyl groups is 2. The number of anilines is 1. The van der Waals surface area contributed by atoms with E-state index in [1.54, 1.807) is 10.7 Å². The van der Waals surface area contributed by atoms with E-state index in [4.69, 9.17) is 10.2 Å². The molecule has 5 rings (SSSR count). The van der Waals surface area contributed by atoms with E-state index in [0.29, 0.717) is 18.8 Å². The van der Waals surface area contributed by atoms with Gasteiger partial charge in [0.25, 0.3) is 5.56 Å². The van der Waals surface area contributed by atoms with Crippen molar-refractivity contribution in [1.82, 2.24) is 19.6 Å². The zero-order valence-corrected chi connectivity index (χ0v) is 19.2. The zero-order valence-electron chi connectivity index (χ0n) is 19.2. The van der Waals surface area contributed by atoms with Crippen molar-refractivity contribution in [2.24, 2.45) is 5.41 Å². The maximum absolute atomic E-state index is 12.8. The fourth-order valence-electron chi connectivity index (χ4n) is 4.42. The molecule has 0 amide bonds. The molecule has 174 valence electrons. The second-order valence-corrected chi connectivity index (χ2v) is 9.02. The van der Waals surface area contributed by atoms with Crippen LogP contribution in [0.5, 0.6) is 0 Å². The lowest BCUT2D eigenvalue weighted by Crippen LogP contribution is -2.45. The summed E-state index contributed by atoms with van der Waals surface area (Å²) in [6.45, 7) is 4.39. The van der Waals surface area contributed by atoms with Gasteiger partial charge in [-0.25, -0.2) is 4.68 Å². The summed E-state index contributed by atoms with van der Waals surface area (Å²) in [5, 5.41) is 32.9. The first-order chi connectivity index (χ1) is 16.4. The van der Waals surface area contributed by atoms with Crippen LogP contribution in [0.15, 0.2) is 65.5 Å². The summed E-state index contributed by atoms with van der Waals surface area (Å²) >= 11 is 0. The zero-order chi connectivity index (χ0) is 23.9. The van der Waals surface area contributed by atoms with Gasteiger partial charge < -0.3 is 15.5 Å². The van der Waals surface area contributed by atoms with Gasteiger partial charge in [0, 0.05) is 18.2 Å². The molecule has 2 aromatic carbocycles. The van der Waals surface area contributed by atoms with E-state index in [1.807, 2.05) is 56.3 Å². The first-order valence-corrected chi connectivity index (χ1v) is 11.2. The normalized spacial score (nSPS) is 14.5. The van der Waals surface area contributed by atoms with Crippen molar-refractivity contribution in [3.63, 3.8) is 0 Å². The highest BCUT2D eigenvalue weighted by atomic mass is 16.3. The Hall–Kier alpha value is -3.75. The summed E-state index contributed by atoms with van der Waals surface area (Å²) in [6, 6.07) is 18.9. The number of hydrogen-bond donors (Lipinski definition) is 3. The van der Waals surface area contributed by atoms with Gasteiger partial charge in [-0.1, -0.05) is 42.0 Å². The minimum absolute atomic E-state index is 0.165. The summed E-state index contributed by atoms with van der Waals surface area (Å²) in [5.41, 5.74) is 4.86. The highest BCUT2D eigenvalue weighted by Crippen LogP contribution is 2.40. The maximum atomic E-state index is 12.8. The molecule has 0 fully saturated rings. The third-order valence-corrected chi connectivity index (χ3v) is 6.43.